The molecule has 14 atom stereocenters. The van der Waals surface area contributed by atoms with Gasteiger partial charge in [-0.05, 0) is 47.5 Å². The van der Waals surface area contributed by atoms with Crippen LogP contribution in [-0.4, -0.2) is 159 Å². The zero-order chi connectivity index (χ0) is 34.3. The van der Waals surface area contributed by atoms with Crippen molar-refractivity contribution in [1.29, 1.82) is 0 Å². The molecule has 0 bridgehead atoms. The number of aliphatic hydroxyl groups is 7. The Labute approximate surface area is 268 Å². The van der Waals surface area contributed by atoms with Gasteiger partial charge in [-0.25, -0.2) is 4.79 Å². The van der Waals surface area contributed by atoms with E-state index in [-0.39, 0.29) is 13.0 Å². The molecule has 0 aromatic rings. The third kappa shape index (κ3) is 10.4. The van der Waals surface area contributed by atoms with E-state index in [1.54, 1.807) is 27.7 Å². The van der Waals surface area contributed by atoms with E-state index in [1.807, 2.05) is 0 Å². The number of hydrogen-bond acceptors (Lipinski definition) is 15. The lowest BCUT2D eigenvalue weighted by molar-refractivity contribution is -0.358. The van der Waals surface area contributed by atoms with E-state index >= 15 is 0 Å². The molecule has 0 aliphatic carbocycles. The summed E-state index contributed by atoms with van der Waals surface area (Å²) in [6.07, 6.45) is -15.9. The third-order valence-corrected chi connectivity index (χ3v) is 8.03. The van der Waals surface area contributed by atoms with Gasteiger partial charge < -0.3 is 74.8 Å². The maximum atomic E-state index is 12.7. The van der Waals surface area contributed by atoms with Gasteiger partial charge in [-0.2, -0.15) is 0 Å². The summed E-state index contributed by atoms with van der Waals surface area (Å²) in [6, 6.07) is -1.07. The lowest BCUT2D eigenvalue weighted by atomic mass is 9.92. The molecule has 3 saturated heterocycles. The number of rotatable bonds is 12. The van der Waals surface area contributed by atoms with Gasteiger partial charge in [-0.15, -0.1) is 0 Å². The minimum absolute atomic E-state index is 0.111. The highest BCUT2D eigenvalue weighted by molar-refractivity contribution is 5.76. The number of ether oxygens (including phenoxy) is 6. The van der Waals surface area contributed by atoms with Crippen LogP contribution < -0.4 is 10.6 Å². The number of aliphatic hydroxyl groups excluding tert-OH is 7. The summed E-state index contributed by atoms with van der Waals surface area (Å²) in [5.74, 6) is -0.401. The van der Waals surface area contributed by atoms with Crippen molar-refractivity contribution in [2.45, 2.75) is 152 Å². The second kappa shape index (κ2) is 17.1. The molecular formula is C29H52N2O15. The minimum Gasteiger partial charge on any atom is -0.444 e. The lowest BCUT2D eigenvalue weighted by Gasteiger charge is -2.48. The molecule has 268 valence electrons. The van der Waals surface area contributed by atoms with Gasteiger partial charge in [0, 0.05) is 13.0 Å². The van der Waals surface area contributed by atoms with Crippen molar-refractivity contribution in [3.8, 4) is 0 Å². The number of hydrogen-bond donors (Lipinski definition) is 9. The van der Waals surface area contributed by atoms with E-state index in [2.05, 4.69) is 10.6 Å². The van der Waals surface area contributed by atoms with Crippen molar-refractivity contribution >= 4 is 12.0 Å². The first kappa shape index (κ1) is 38.7. The molecule has 46 heavy (non-hydrogen) atoms. The zero-order valence-electron chi connectivity index (χ0n) is 26.9. The Morgan fingerprint density at radius 3 is 2.07 bits per heavy atom. The maximum absolute atomic E-state index is 12.7. The zero-order valence-corrected chi connectivity index (χ0v) is 26.9. The number of unbranched alkanes of at least 4 members (excludes halogenated alkanes) is 2. The second-order valence-electron chi connectivity index (χ2n) is 13.0. The molecule has 3 aliphatic rings. The molecule has 0 radical (unpaired) electrons. The molecule has 2 amide bonds. The van der Waals surface area contributed by atoms with Crippen LogP contribution in [0.3, 0.4) is 0 Å². The van der Waals surface area contributed by atoms with Crippen LogP contribution in [0.5, 0.6) is 0 Å². The topological polar surface area (TPSA) is 255 Å². The Morgan fingerprint density at radius 2 is 1.41 bits per heavy atom. The molecule has 3 rings (SSSR count). The van der Waals surface area contributed by atoms with Crippen LogP contribution in [-0.2, 0) is 33.2 Å². The lowest BCUT2D eigenvalue weighted by Crippen LogP contribution is -2.67. The predicted octanol–water partition coefficient (Wildman–Crippen LogP) is -2.63. The first-order valence-electron chi connectivity index (χ1n) is 15.7. The van der Waals surface area contributed by atoms with Crippen LogP contribution in [0.25, 0.3) is 0 Å². The quantitative estimate of drug-likeness (QED) is 0.0965. The molecule has 0 aromatic carbocycles. The summed E-state index contributed by atoms with van der Waals surface area (Å²) in [6.45, 7) is 7.93. The SMILES string of the molecule is CC1O[C@@H](OC2C(O)[C@@H](NC(=O)CCCCCNC(=O)OC(C)(C)C)[C@@H](CO)O[C@H]2C)C(O)C(O)[C@H]1O[C@@H]1OC[C@@H](O)C(O)C1O. The molecule has 17 heteroatoms. The van der Waals surface area contributed by atoms with Crippen LogP contribution in [0, 0.1) is 0 Å². The highest BCUT2D eigenvalue weighted by Crippen LogP contribution is 2.31. The van der Waals surface area contributed by atoms with Gasteiger partial charge in [0.2, 0.25) is 5.91 Å². The molecule has 0 saturated carbocycles. The van der Waals surface area contributed by atoms with E-state index in [1.165, 1.54) is 6.92 Å². The Kier molecular flexibility index (Phi) is 14.4. The number of carbonyl (C=O) groups is 2. The van der Waals surface area contributed by atoms with Gasteiger partial charge in [0.1, 0.15) is 60.5 Å². The standard InChI is InChI=1S/C29H52N2O15/c1-13-24(45-27-23(39)21(37)25(14(2)43-27)44-26-22(38)19(35)15(33)12-41-26)20(36)18(16(11-32)42-13)31-17(34)9-7-6-8-10-30-28(40)46-29(3,4)5/h13-16,18-27,32-33,35-39H,6-12H2,1-5H3,(H,30,40)(H,31,34)/t13-,14?,15+,16+,18-,19?,20?,21?,22?,23?,24?,25-,26-,27-/m0/s1. The van der Waals surface area contributed by atoms with Crippen LogP contribution in [0.4, 0.5) is 4.79 Å². The van der Waals surface area contributed by atoms with Crippen molar-refractivity contribution in [1.82, 2.24) is 10.6 Å². The van der Waals surface area contributed by atoms with Crippen LogP contribution in [0.1, 0.15) is 60.3 Å². The van der Waals surface area contributed by atoms with Crippen molar-refractivity contribution in [2.24, 2.45) is 0 Å². The fourth-order valence-electron chi connectivity index (χ4n) is 5.53. The first-order chi connectivity index (χ1) is 21.5. The van der Waals surface area contributed by atoms with E-state index in [0.717, 1.165) is 0 Å². The van der Waals surface area contributed by atoms with Gasteiger partial charge in [0.05, 0.1) is 31.5 Å². The molecule has 0 spiro atoms. The number of nitrogens with one attached hydrogen (secondary N) is 2. The normalized spacial score (nSPS) is 40.3. The molecule has 0 aromatic heterocycles. The summed E-state index contributed by atoms with van der Waals surface area (Å²) in [5.41, 5.74) is -0.599. The summed E-state index contributed by atoms with van der Waals surface area (Å²) in [4.78, 5) is 24.5. The van der Waals surface area contributed by atoms with Crippen molar-refractivity contribution in [2.75, 3.05) is 19.8 Å². The average Bonchev–Trinajstić information content (AvgIpc) is 2.97. The molecule has 17 nitrogen and oxygen atoms in total. The summed E-state index contributed by atoms with van der Waals surface area (Å²) in [7, 11) is 0. The molecule has 3 fully saturated rings. The van der Waals surface area contributed by atoms with Gasteiger partial charge >= 0.3 is 6.09 Å². The second-order valence-corrected chi connectivity index (χ2v) is 13.0. The van der Waals surface area contributed by atoms with Gasteiger partial charge in [0.25, 0.3) is 0 Å². The van der Waals surface area contributed by atoms with Crippen LogP contribution >= 0.6 is 0 Å². The smallest absolute Gasteiger partial charge is 0.407 e. The average molecular weight is 669 g/mol. The fraction of sp³-hybridized carbons (Fsp3) is 0.931. The van der Waals surface area contributed by atoms with Crippen molar-refractivity contribution in [3.63, 3.8) is 0 Å². The van der Waals surface area contributed by atoms with Crippen molar-refractivity contribution in [3.05, 3.63) is 0 Å². The highest BCUT2D eigenvalue weighted by Gasteiger charge is 2.51. The number of carbonyl (C=O) groups excluding carboxylic acids is 2. The van der Waals surface area contributed by atoms with E-state index < -0.39 is 110 Å². The van der Waals surface area contributed by atoms with Gasteiger partial charge in [-0.1, -0.05) is 6.42 Å². The van der Waals surface area contributed by atoms with E-state index in [9.17, 15) is 45.3 Å². The monoisotopic (exact) mass is 668 g/mol. The number of alkyl carbamates (subject to hydrolysis) is 1. The Balaban J connectivity index is 1.51. The number of amides is 2. The Hall–Kier alpha value is -1.74. The maximum Gasteiger partial charge on any atom is 0.407 e. The van der Waals surface area contributed by atoms with Crippen LogP contribution in [0.15, 0.2) is 0 Å². The fourth-order valence-corrected chi connectivity index (χ4v) is 5.53. The molecule has 7 unspecified atom stereocenters. The Bertz CT molecular complexity index is 969. The molecule has 3 aliphatic heterocycles. The predicted molar refractivity (Wildman–Crippen MR) is 156 cm³/mol. The summed E-state index contributed by atoms with van der Waals surface area (Å²) >= 11 is 0. The summed E-state index contributed by atoms with van der Waals surface area (Å²) < 4.78 is 33.5. The minimum atomic E-state index is -1.70. The first-order valence-corrected chi connectivity index (χ1v) is 15.7. The molecular weight excluding hydrogens is 616 g/mol. The van der Waals surface area contributed by atoms with Crippen molar-refractivity contribution < 1.29 is 73.8 Å². The van der Waals surface area contributed by atoms with E-state index in [0.29, 0.717) is 25.8 Å². The highest BCUT2D eigenvalue weighted by atomic mass is 16.7. The largest absolute Gasteiger partial charge is 0.444 e. The van der Waals surface area contributed by atoms with E-state index in [4.69, 9.17) is 28.4 Å². The van der Waals surface area contributed by atoms with Gasteiger partial charge in [-0.3, -0.25) is 4.79 Å². The molecule has 9 N–H and O–H groups in total. The summed E-state index contributed by atoms with van der Waals surface area (Å²) in [5, 5.41) is 77.9. The third-order valence-electron chi connectivity index (χ3n) is 8.03. The Morgan fingerprint density at radius 1 is 0.804 bits per heavy atom. The van der Waals surface area contributed by atoms with Gasteiger partial charge in [0.15, 0.2) is 12.6 Å². The van der Waals surface area contributed by atoms with Crippen LogP contribution in [0.2, 0.25) is 0 Å². The molecule has 3 heterocycles.